The summed E-state index contributed by atoms with van der Waals surface area (Å²) in [6.45, 7) is 6.28. The van der Waals surface area contributed by atoms with Gasteiger partial charge < -0.3 is 32.1 Å². The van der Waals surface area contributed by atoms with Crippen LogP contribution in [0.25, 0.3) is 0 Å². The molecular formula is C36H39ClN3O6-. The number of nitrogens with zero attached hydrogens (tertiary/aromatic N) is 2. The topological polar surface area (TPSA) is 111 Å². The van der Waals surface area contributed by atoms with E-state index in [1.165, 1.54) is 30.4 Å². The van der Waals surface area contributed by atoms with E-state index in [1.54, 1.807) is 26.0 Å². The van der Waals surface area contributed by atoms with Gasteiger partial charge in [-0.3, -0.25) is 10.1 Å². The smallest absolute Gasteiger partial charge is 0.336 e. The van der Waals surface area contributed by atoms with Gasteiger partial charge in [-0.1, -0.05) is 72.8 Å². The first kappa shape index (κ1) is 34.4. The molecule has 0 radical (unpaired) electrons. The molecule has 0 aromatic heterocycles. The second-order valence-electron chi connectivity index (χ2n) is 11.6. The Labute approximate surface area is 275 Å². The highest BCUT2D eigenvalue weighted by molar-refractivity contribution is 5.99. The molecule has 2 heterocycles. The Kier molecular flexibility index (Phi) is 11.4. The number of carbonyl (C=O) groups is 2. The van der Waals surface area contributed by atoms with E-state index in [4.69, 9.17) is 9.47 Å². The Balaban J connectivity index is 0.00000480. The van der Waals surface area contributed by atoms with E-state index in [0.29, 0.717) is 23.4 Å². The van der Waals surface area contributed by atoms with Crippen LogP contribution >= 0.6 is 0 Å². The van der Waals surface area contributed by atoms with Gasteiger partial charge >= 0.3 is 11.9 Å². The maximum atomic E-state index is 13.6. The van der Waals surface area contributed by atoms with Gasteiger partial charge in [0.15, 0.2) is 0 Å². The number of hydrogen-bond donors (Lipinski definition) is 1. The fourth-order valence-corrected chi connectivity index (χ4v) is 6.74. The van der Waals surface area contributed by atoms with Crippen molar-refractivity contribution in [3.63, 3.8) is 0 Å². The van der Waals surface area contributed by atoms with Gasteiger partial charge in [0.2, 0.25) is 0 Å². The zero-order valence-corrected chi connectivity index (χ0v) is 27.1. The first-order valence-electron chi connectivity index (χ1n) is 15.3. The Bertz CT molecular complexity index is 1570. The third kappa shape index (κ3) is 7.16. The number of halogens is 1. The number of methoxy groups -OCH3 is 1. The van der Waals surface area contributed by atoms with E-state index in [1.807, 2.05) is 0 Å². The van der Waals surface area contributed by atoms with Gasteiger partial charge in [-0.25, -0.2) is 9.59 Å². The normalized spacial score (nSPS) is 17.8. The number of benzene rings is 3. The SMILES string of the molecule is COC(=O)C1=C(C)NC(C)=C(C(=O)OCCCN2CCC(c3ccccc3)(c3ccccc3)CC2)[C@H]1c1cccc([N+](=O)[O-])c1.[Cl-]. The van der Waals surface area contributed by atoms with Gasteiger partial charge in [0.1, 0.15) is 0 Å². The summed E-state index contributed by atoms with van der Waals surface area (Å²) in [6, 6.07) is 27.4. The number of ether oxygens (including phenoxy) is 2. The molecule has 3 aromatic carbocycles. The van der Waals surface area contributed by atoms with Crippen molar-refractivity contribution >= 4 is 17.6 Å². The van der Waals surface area contributed by atoms with Crippen molar-refractivity contribution in [3.05, 3.63) is 134 Å². The van der Waals surface area contributed by atoms with E-state index in [0.717, 1.165) is 32.5 Å². The minimum absolute atomic E-state index is 0. The number of likely N-dealkylation sites (tertiary alicyclic amines) is 1. The van der Waals surface area contributed by atoms with Crippen molar-refractivity contribution in [3.8, 4) is 0 Å². The van der Waals surface area contributed by atoms with Gasteiger partial charge in [-0.2, -0.15) is 0 Å². The summed E-state index contributed by atoms with van der Waals surface area (Å²) in [5.74, 6) is -2.07. The predicted molar refractivity (Wildman–Crippen MR) is 171 cm³/mol. The van der Waals surface area contributed by atoms with Gasteiger partial charge in [0.25, 0.3) is 5.69 Å². The molecule has 9 nitrogen and oxygen atoms in total. The molecule has 2 aliphatic heterocycles. The van der Waals surface area contributed by atoms with Crippen LogP contribution in [0.1, 0.15) is 55.7 Å². The molecule has 0 saturated carbocycles. The average Bonchev–Trinajstić information content (AvgIpc) is 3.07. The summed E-state index contributed by atoms with van der Waals surface area (Å²) < 4.78 is 10.8. The molecule has 0 bridgehead atoms. The molecule has 10 heteroatoms. The monoisotopic (exact) mass is 644 g/mol. The van der Waals surface area contributed by atoms with Crippen LogP contribution in [0, 0.1) is 10.1 Å². The Hall–Kier alpha value is -4.47. The highest BCUT2D eigenvalue weighted by Crippen LogP contribution is 2.42. The minimum Gasteiger partial charge on any atom is -1.00 e. The van der Waals surface area contributed by atoms with E-state index in [-0.39, 0.29) is 41.3 Å². The fourth-order valence-electron chi connectivity index (χ4n) is 6.74. The summed E-state index contributed by atoms with van der Waals surface area (Å²) >= 11 is 0. The third-order valence-corrected chi connectivity index (χ3v) is 9.01. The second kappa shape index (κ2) is 15.2. The Morgan fingerprint density at radius 3 is 2.00 bits per heavy atom. The molecular weight excluding hydrogens is 606 g/mol. The third-order valence-electron chi connectivity index (χ3n) is 9.01. The lowest BCUT2D eigenvalue weighted by Gasteiger charge is -2.43. The van der Waals surface area contributed by atoms with Crippen LogP contribution in [0.15, 0.2) is 107 Å². The summed E-state index contributed by atoms with van der Waals surface area (Å²) in [4.78, 5) is 39.9. The lowest BCUT2D eigenvalue weighted by molar-refractivity contribution is -0.384. The van der Waals surface area contributed by atoms with E-state index in [9.17, 15) is 19.7 Å². The van der Waals surface area contributed by atoms with Crippen molar-refractivity contribution in [1.82, 2.24) is 10.2 Å². The zero-order valence-electron chi connectivity index (χ0n) is 26.3. The standard InChI is InChI=1S/C36H39N3O6.ClH/c1-25-31(34(40)44-3)33(27-12-10-17-30(24-27)39(42)43)32(26(2)37-25)35(41)45-23-11-20-38-21-18-36(19-22-38,28-13-6-4-7-14-28)29-15-8-5-9-16-29;/h4-10,12-17,24,33,37H,11,18-23H2,1-3H3;1H/p-1/t33-;/m0./s1. The van der Waals surface area contributed by atoms with Crippen molar-refractivity contribution < 1.29 is 36.4 Å². The zero-order chi connectivity index (χ0) is 32.0. The lowest BCUT2D eigenvalue weighted by atomic mass is 9.68. The largest absolute Gasteiger partial charge is 1.00 e. The molecule has 0 amide bonds. The van der Waals surface area contributed by atoms with Crippen LogP contribution in [-0.2, 0) is 24.5 Å². The number of rotatable bonds is 10. The van der Waals surface area contributed by atoms with E-state index < -0.39 is 22.8 Å². The summed E-state index contributed by atoms with van der Waals surface area (Å²) in [5, 5.41) is 14.6. The molecule has 2 aliphatic rings. The first-order chi connectivity index (χ1) is 21.7. The Morgan fingerprint density at radius 2 is 1.46 bits per heavy atom. The van der Waals surface area contributed by atoms with Crippen molar-refractivity contribution in [2.24, 2.45) is 0 Å². The van der Waals surface area contributed by atoms with Crippen molar-refractivity contribution in [2.45, 2.75) is 44.4 Å². The predicted octanol–water partition coefficient (Wildman–Crippen LogP) is 3.02. The molecule has 0 aliphatic carbocycles. The van der Waals surface area contributed by atoms with Crippen LogP contribution in [0.3, 0.4) is 0 Å². The van der Waals surface area contributed by atoms with Crippen LogP contribution in [-0.4, -0.2) is 55.1 Å². The minimum atomic E-state index is -0.878. The molecule has 5 rings (SSSR count). The molecule has 46 heavy (non-hydrogen) atoms. The molecule has 242 valence electrons. The number of nitro benzene ring substituents is 1. The van der Waals surface area contributed by atoms with Gasteiger partial charge in [-0.15, -0.1) is 0 Å². The number of piperidine rings is 1. The molecule has 0 unspecified atom stereocenters. The van der Waals surface area contributed by atoms with Crippen LogP contribution in [0.2, 0.25) is 0 Å². The molecule has 3 aromatic rings. The number of carbonyl (C=O) groups excluding carboxylic acids is 2. The quantitative estimate of drug-likeness (QED) is 0.155. The first-order valence-corrected chi connectivity index (χ1v) is 15.3. The van der Waals surface area contributed by atoms with E-state index in [2.05, 4.69) is 70.9 Å². The molecule has 1 N–H and O–H groups in total. The number of nitro groups is 1. The number of non-ortho nitro benzene ring substituents is 1. The fraction of sp³-hybridized carbons (Fsp3) is 0.333. The summed E-state index contributed by atoms with van der Waals surface area (Å²) in [5.41, 5.74) is 4.42. The lowest BCUT2D eigenvalue weighted by Crippen LogP contribution is -3.00. The van der Waals surface area contributed by atoms with E-state index >= 15 is 0 Å². The summed E-state index contributed by atoms with van der Waals surface area (Å²) in [7, 11) is 1.26. The number of hydrogen-bond acceptors (Lipinski definition) is 8. The maximum Gasteiger partial charge on any atom is 0.336 e. The number of dihydropyridines is 1. The number of allylic oxidation sites excluding steroid dienone is 2. The molecule has 0 spiro atoms. The maximum absolute atomic E-state index is 13.6. The highest BCUT2D eigenvalue weighted by atomic mass is 35.5. The second-order valence-corrected chi connectivity index (χ2v) is 11.6. The van der Waals surface area contributed by atoms with Crippen molar-refractivity contribution in [2.75, 3.05) is 33.4 Å². The van der Waals surface area contributed by atoms with Gasteiger partial charge in [0, 0.05) is 35.5 Å². The molecule has 1 saturated heterocycles. The Morgan fingerprint density at radius 1 is 0.891 bits per heavy atom. The number of esters is 2. The van der Waals surface area contributed by atoms with Gasteiger partial charge in [0.05, 0.1) is 35.7 Å². The number of nitrogens with one attached hydrogen (secondary N) is 1. The van der Waals surface area contributed by atoms with Crippen LogP contribution < -0.4 is 17.7 Å². The summed E-state index contributed by atoms with van der Waals surface area (Å²) in [6.07, 6.45) is 2.63. The van der Waals surface area contributed by atoms with Crippen LogP contribution in [0.4, 0.5) is 5.69 Å². The highest BCUT2D eigenvalue weighted by Gasteiger charge is 2.39. The van der Waals surface area contributed by atoms with Gasteiger partial charge in [-0.05, 0) is 62.9 Å². The van der Waals surface area contributed by atoms with Crippen molar-refractivity contribution in [1.29, 1.82) is 0 Å². The average molecular weight is 645 g/mol. The molecule has 1 atom stereocenters. The van der Waals surface area contributed by atoms with Crippen LogP contribution in [0.5, 0.6) is 0 Å². The molecule has 1 fully saturated rings.